The lowest BCUT2D eigenvalue weighted by atomic mass is 9.96. The number of morpholine rings is 1. The van der Waals surface area contributed by atoms with Crippen LogP contribution in [-0.2, 0) is 20.9 Å². The highest BCUT2D eigenvalue weighted by molar-refractivity contribution is 6.46. The molecular weight excluding hydrogens is 482 g/mol. The third kappa shape index (κ3) is 5.61. The molecule has 1 amide bonds. The molecule has 5 rings (SSSR count). The molecule has 3 heterocycles. The van der Waals surface area contributed by atoms with E-state index in [0.717, 1.165) is 24.2 Å². The summed E-state index contributed by atoms with van der Waals surface area (Å²) in [5, 5.41) is 11.3. The fraction of sp³-hybridized carbons (Fsp3) is 0.300. The molecule has 2 aliphatic rings. The number of Topliss-reactive ketones (excluding diaryl/α,β-unsaturated/α-hetero) is 1. The Bertz CT molecular complexity index is 1320. The minimum absolute atomic E-state index is 0.0680. The number of aliphatic hydroxyl groups excluding tert-OH is 1. The van der Waals surface area contributed by atoms with Crippen molar-refractivity contribution < 1.29 is 24.2 Å². The molecule has 3 aromatic rings. The normalized spacial score (nSPS) is 19.6. The predicted octanol–water partition coefficient (Wildman–Crippen LogP) is 3.72. The third-order valence-electron chi connectivity index (χ3n) is 6.92. The molecule has 0 unspecified atom stereocenters. The average Bonchev–Trinajstić information content (AvgIpc) is 3.21. The maximum absolute atomic E-state index is 13.2. The van der Waals surface area contributed by atoms with Gasteiger partial charge in [0.05, 0.1) is 24.8 Å². The summed E-state index contributed by atoms with van der Waals surface area (Å²) in [4.78, 5) is 34.3. The first-order valence-electron chi connectivity index (χ1n) is 12.8. The van der Waals surface area contributed by atoms with Gasteiger partial charge in [-0.2, -0.15) is 0 Å². The molecule has 1 N–H and O–H groups in total. The number of amides is 1. The van der Waals surface area contributed by atoms with Crippen molar-refractivity contribution in [2.24, 2.45) is 0 Å². The first kappa shape index (κ1) is 25.6. The highest BCUT2D eigenvalue weighted by Gasteiger charge is 2.46. The summed E-state index contributed by atoms with van der Waals surface area (Å²) in [6.45, 7) is 6.27. The minimum atomic E-state index is -0.720. The quantitative estimate of drug-likeness (QED) is 0.279. The van der Waals surface area contributed by atoms with Crippen LogP contribution in [0.4, 0.5) is 0 Å². The van der Waals surface area contributed by atoms with Crippen LogP contribution < -0.4 is 4.74 Å². The van der Waals surface area contributed by atoms with Gasteiger partial charge in [0.1, 0.15) is 18.1 Å². The number of ether oxygens (including phenoxy) is 2. The Morgan fingerprint density at radius 2 is 1.84 bits per heavy atom. The molecule has 2 fully saturated rings. The maximum atomic E-state index is 13.2. The van der Waals surface area contributed by atoms with E-state index in [1.54, 1.807) is 47.6 Å². The highest BCUT2D eigenvalue weighted by Crippen LogP contribution is 2.39. The lowest BCUT2D eigenvalue weighted by Crippen LogP contribution is -2.42. The van der Waals surface area contributed by atoms with Crippen molar-refractivity contribution in [2.75, 3.05) is 39.4 Å². The zero-order valence-electron chi connectivity index (χ0n) is 21.4. The number of benzene rings is 2. The number of hydrogen-bond donors (Lipinski definition) is 1. The van der Waals surface area contributed by atoms with Crippen LogP contribution in [0.15, 0.2) is 78.6 Å². The van der Waals surface area contributed by atoms with Crippen LogP contribution in [0.25, 0.3) is 5.76 Å². The van der Waals surface area contributed by atoms with Gasteiger partial charge in [-0.05, 0) is 48.4 Å². The number of carbonyl (C=O) groups excluding carboxylic acids is 2. The number of likely N-dealkylation sites (tertiary alicyclic amines) is 1. The van der Waals surface area contributed by atoms with Crippen LogP contribution in [0.5, 0.6) is 5.75 Å². The van der Waals surface area contributed by atoms with Crippen molar-refractivity contribution in [2.45, 2.75) is 19.6 Å². The van der Waals surface area contributed by atoms with Crippen molar-refractivity contribution in [3.05, 3.63) is 101 Å². The van der Waals surface area contributed by atoms with E-state index in [2.05, 4.69) is 16.0 Å². The second-order valence-corrected chi connectivity index (χ2v) is 9.53. The van der Waals surface area contributed by atoms with E-state index < -0.39 is 17.7 Å². The molecule has 2 aromatic carbocycles. The fourth-order valence-electron chi connectivity index (χ4n) is 4.90. The van der Waals surface area contributed by atoms with Gasteiger partial charge in [0.25, 0.3) is 11.7 Å². The molecule has 1 aromatic heterocycles. The summed E-state index contributed by atoms with van der Waals surface area (Å²) in [7, 11) is 0. The summed E-state index contributed by atoms with van der Waals surface area (Å²) in [6.07, 6.45) is 3.27. The maximum Gasteiger partial charge on any atom is 0.295 e. The molecule has 0 spiro atoms. The van der Waals surface area contributed by atoms with E-state index in [1.807, 2.05) is 31.2 Å². The number of ketones is 1. The SMILES string of the molecule is Cc1cccc(COc2ccc(/C(O)=C3\C(=O)C(=O)N(CCN4CCOCC4)[C@@H]3c3cccnc3)cc2)c1. The number of hydrogen-bond acceptors (Lipinski definition) is 7. The van der Waals surface area contributed by atoms with Crippen LogP contribution in [0.1, 0.15) is 28.3 Å². The topological polar surface area (TPSA) is 92.2 Å². The Morgan fingerprint density at radius 3 is 2.55 bits per heavy atom. The van der Waals surface area contributed by atoms with Gasteiger partial charge in [-0.25, -0.2) is 0 Å². The second-order valence-electron chi connectivity index (χ2n) is 9.53. The van der Waals surface area contributed by atoms with E-state index in [-0.39, 0.29) is 11.3 Å². The van der Waals surface area contributed by atoms with E-state index in [4.69, 9.17) is 9.47 Å². The first-order chi connectivity index (χ1) is 18.5. The summed E-state index contributed by atoms with van der Waals surface area (Å²) >= 11 is 0. The summed E-state index contributed by atoms with van der Waals surface area (Å²) in [6, 6.07) is 17.8. The fourth-order valence-corrected chi connectivity index (χ4v) is 4.90. The molecule has 1 atom stereocenters. The molecule has 0 radical (unpaired) electrons. The summed E-state index contributed by atoms with van der Waals surface area (Å²) < 4.78 is 11.3. The van der Waals surface area contributed by atoms with Crippen molar-refractivity contribution in [3.8, 4) is 5.75 Å². The molecule has 2 saturated heterocycles. The van der Waals surface area contributed by atoms with Crippen molar-refractivity contribution >= 4 is 17.4 Å². The summed E-state index contributed by atoms with van der Waals surface area (Å²) in [5.41, 5.74) is 3.40. The monoisotopic (exact) mass is 513 g/mol. The Hall–Kier alpha value is -4.01. The lowest BCUT2D eigenvalue weighted by Gasteiger charge is -2.30. The number of pyridine rings is 1. The minimum Gasteiger partial charge on any atom is -0.507 e. The standard InChI is InChI=1S/C30H31N3O5/c1-21-4-2-5-22(18-21)20-38-25-9-7-23(8-10-25)28(34)26-27(24-6-3-11-31-19-24)33(30(36)29(26)35)13-12-32-14-16-37-17-15-32/h2-11,18-19,27,34H,12-17,20H2,1H3/b28-26+/t27-/m1/s1. The third-order valence-corrected chi connectivity index (χ3v) is 6.92. The number of nitrogens with zero attached hydrogens (tertiary/aromatic N) is 3. The molecule has 8 nitrogen and oxygen atoms in total. The zero-order chi connectivity index (χ0) is 26.5. The number of aryl methyl sites for hydroxylation is 1. The molecule has 38 heavy (non-hydrogen) atoms. The predicted molar refractivity (Wildman–Crippen MR) is 142 cm³/mol. The van der Waals surface area contributed by atoms with Crippen molar-refractivity contribution in [1.29, 1.82) is 0 Å². The van der Waals surface area contributed by atoms with Crippen LogP contribution in [-0.4, -0.2) is 71.0 Å². The molecule has 196 valence electrons. The number of carbonyl (C=O) groups is 2. The number of rotatable bonds is 8. The van der Waals surface area contributed by atoms with Gasteiger partial charge >= 0.3 is 0 Å². The number of aliphatic hydroxyl groups is 1. The van der Waals surface area contributed by atoms with Crippen LogP contribution in [0, 0.1) is 6.92 Å². The lowest BCUT2D eigenvalue weighted by molar-refractivity contribution is -0.140. The van der Waals surface area contributed by atoms with E-state index in [9.17, 15) is 14.7 Å². The zero-order valence-corrected chi connectivity index (χ0v) is 21.4. The summed E-state index contributed by atoms with van der Waals surface area (Å²) in [5.74, 6) is -0.890. The van der Waals surface area contributed by atoms with Crippen LogP contribution in [0.3, 0.4) is 0 Å². The van der Waals surface area contributed by atoms with Gasteiger partial charge in [-0.1, -0.05) is 35.9 Å². The Morgan fingerprint density at radius 1 is 1.05 bits per heavy atom. The van der Waals surface area contributed by atoms with Crippen LogP contribution in [0.2, 0.25) is 0 Å². The molecule has 2 aliphatic heterocycles. The number of aromatic nitrogens is 1. The Kier molecular flexibility index (Phi) is 7.81. The van der Waals surface area contributed by atoms with Crippen LogP contribution >= 0.6 is 0 Å². The van der Waals surface area contributed by atoms with E-state index in [1.165, 1.54) is 0 Å². The van der Waals surface area contributed by atoms with Gasteiger partial charge in [-0.15, -0.1) is 0 Å². The van der Waals surface area contributed by atoms with Gasteiger partial charge in [0.2, 0.25) is 0 Å². The molecule has 0 bridgehead atoms. The van der Waals surface area contributed by atoms with Gasteiger partial charge in [0.15, 0.2) is 0 Å². The molecule has 0 aliphatic carbocycles. The highest BCUT2D eigenvalue weighted by atomic mass is 16.5. The molecular formula is C30H31N3O5. The van der Waals surface area contributed by atoms with Crippen molar-refractivity contribution in [1.82, 2.24) is 14.8 Å². The Balaban J connectivity index is 1.39. The molecule has 0 saturated carbocycles. The van der Waals surface area contributed by atoms with E-state index in [0.29, 0.717) is 49.8 Å². The Labute approximate surface area is 222 Å². The van der Waals surface area contributed by atoms with Crippen molar-refractivity contribution in [3.63, 3.8) is 0 Å². The van der Waals surface area contributed by atoms with Gasteiger partial charge in [0, 0.05) is 44.1 Å². The molecule has 8 heteroatoms. The first-order valence-corrected chi connectivity index (χ1v) is 12.8. The van der Waals surface area contributed by atoms with Gasteiger partial charge in [-0.3, -0.25) is 19.5 Å². The van der Waals surface area contributed by atoms with Gasteiger partial charge < -0.3 is 19.5 Å². The largest absolute Gasteiger partial charge is 0.507 e. The average molecular weight is 514 g/mol. The smallest absolute Gasteiger partial charge is 0.295 e. The second kappa shape index (κ2) is 11.6. The van der Waals surface area contributed by atoms with E-state index >= 15 is 0 Å².